The standard InChI is InChI=1S/C25H27FN6O2/c26-21-16(3-7-19-23(21)30-25(34)22(29-19)15-1-2-15)14-31-9-11-32(12-10-31)18-6-8-20(27-13-18)24(33)28-17-4-5-17/h3,6-8,13,15,17H,1-2,4-5,9-12,14H2,(H,28,33)(H,30,34). The lowest BCUT2D eigenvalue weighted by atomic mass is 10.1. The first kappa shape index (κ1) is 21.2. The monoisotopic (exact) mass is 462 g/mol. The van der Waals surface area contributed by atoms with E-state index in [9.17, 15) is 9.59 Å². The summed E-state index contributed by atoms with van der Waals surface area (Å²) in [4.78, 5) is 40.4. The normalized spacial score (nSPS) is 18.9. The average molecular weight is 463 g/mol. The van der Waals surface area contributed by atoms with Crippen molar-refractivity contribution in [2.45, 2.75) is 44.2 Å². The van der Waals surface area contributed by atoms with Crippen molar-refractivity contribution in [3.05, 3.63) is 63.6 Å². The Morgan fingerprint density at radius 3 is 2.56 bits per heavy atom. The molecular formula is C25H27FN6O2. The number of piperazine rings is 1. The molecule has 3 aromatic rings. The molecule has 1 aliphatic heterocycles. The number of H-pyrrole nitrogens is 1. The van der Waals surface area contributed by atoms with Gasteiger partial charge in [0.25, 0.3) is 11.5 Å². The van der Waals surface area contributed by atoms with Crippen molar-refractivity contribution in [3.63, 3.8) is 0 Å². The van der Waals surface area contributed by atoms with Crippen molar-refractivity contribution < 1.29 is 9.18 Å². The number of rotatable bonds is 6. The van der Waals surface area contributed by atoms with Gasteiger partial charge in [-0.15, -0.1) is 0 Å². The number of hydrogen-bond acceptors (Lipinski definition) is 6. The Hall–Kier alpha value is -3.33. The van der Waals surface area contributed by atoms with Gasteiger partial charge in [0.1, 0.15) is 16.9 Å². The Balaban J connectivity index is 1.09. The molecule has 9 heteroatoms. The van der Waals surface area contributed by atoms with Crippen LogP contribution < -0.4 is 15.8 Å². The first-order valence-electron chi connectivity index (χ1n) is 12.0. The number of carbonyl (C=O) groups is 1. The Morgan fingerprint density at radius 2 is 1.88 bits per heavy atom. The summed E-state index contributed by atoms with van der Waals surface area (Å²) < 4.78 is 15.2. The van der Waals surface area contributed by atoms with Crippen LogP contribution in [0.15, 0.2) is 35.3 Å². The topological polar surface area (TPSA) is 94.2 Å². The van der Waals surface area contributed by atoms with Crippen LogP contribution in [0.2, 0.25) is 0 Å². The maximum atomic E-state index is 15.2. The van der Waals surface area contributed by atoms with Gasteiger partial charge in [-0.25, -0.2) is 14.4 Å². The van der Waals surface area contributed by atoms with Crippen molar-refractivity contribution in [1.82, 2.24) is 25.2 Å². The van der Waals surface area contributed by atoms with Gasteiger partial charge in [-0.2, -0.15) is 0 Å². The number of nitrogens with one attached hydrogen (secondary N) is 2. The molecule has 1 amide bonds. The van der Waals surface area contributed by atoms with Crippen LogP contribution in [0.1, 0.15) is 53.3 Å². The fourth-order valence-electron chi connectivity index (χ4n) is 4.53. The number of anilines is 1. The smallest absolute Gasteiger partial charge is 0.270 e. The summed E-state index contributed by atoms with van der Waals surface area (Å²) in [5, 5.41) is 2.95. The van der Waals surface area contributed by atoms with E-state index in [0.717, 1.165) is 57.5 Å². The summed E-state index contributed by atoms with van der Waals surface area (Å²) in [5.41, 5.74) is 2.95. The van der Waals surface area contributed by atoms with Gasteiger partial charge in [0.2, 0.25) is 0 Å². The van der Waals surface area contributed by atoms with E-state index in [1.165, 1.54) is 0 Å². The largest absolute Gasteiger partial charge is 0.368 e. The van der Waals surface area contributed by atoms with E-state index in [4.69, 9.17) is 0 Å². The lowest BCUT2D eigenvalue weighted by Crippen LogP contribution is -2.46. The van der Waals surface area contributed by atoms with Crippen LogP contribution in [0.5, 0.6) is 0 Å². The molecule has 0 unspecified atom stereocenters. The number of hydrogen-bond donors (Lipinski definition) is 2. The number of carbonyl (C=O) groups excluding carboxylic acids is 1. The zero-order valence-electron chi connectivity index (χ0n) is 18.9. The van der Waals surface area contributed by atoms with E-state index >= 15 is 4.39 Å². The minimum Gasteiger partial charge on any atom is -0.368 e. The zero-order valence-corrected chi connectivity index (χ0v) is 18.9. The zero-order chi connectivity index (χ0) is 23.2. The molecule has 3 fully saturated rings. The predicted molar refractivity (Wildman–Crippen MR) is 127 cm³/mol. The van der Waals surface area contributed by atoms with Gasteiger partial charge in [-0.05, 0) is 43.9 Å². The predicted octanol–water partition coefficient (Wildman–Crippen LogP) is 2.55. The van der Waals surface area contributed by atoms with Gasteiger partial charge in [0.05, 0.1) is 17.4 Å². The Bertz CT molecular complexity index is 1290. The molecule has 3 aliphatic rings. The Kier molecular flexibility index (Phi) is 5.28. The third kappa shape index (κ3) is 4.27. The van der Waals surface area contributed by atoms with Gasteiger partial charge in [0, 0.05) is 50.2 Å². The number of aromatic amines is 1. The molecule has 2 N–H and O–H groups in total. The minimum atomic E-state index is -0.392. The lowest BCUT2D eigenvalue weighted by Gasteiger charge is -2.36. The number of nitrogens with zero attached hydrogens (tertiary/aromatic N) is 4. The number of fused-ring (bicyclic) bond motifs is 1. The van der Waals surface area contributed by atoms with E-state index in [1.54, 1.807) is 24.4 Å². The molecule has 0 spiro atoms. The third-order valence-electron chi connectivity index (χ3n) is 6.90. The van der Waals surface area contributed by atoms with Gasteiger partial charge in [-0.3, -0.25) is 14.5 Å². The molecule has 34 heavy (non-hydrogen) atoms. The molecule has 2 aliphatic carbocycles. The molecule has 176 valence electrons. The second-order valence-electron chi connectivity index (χ2n) is 9.57. The molecule has 3 heterocycles. The number of amides is 1. The maximum Gasteiger partial charge on any atom is 0.270 e. The highest BCUT2D eigenvalue weighted by atomic mass is 19.1. The summed E-state index contributed by atoms with van der Waals surface area (Å²) >= 11 is 0. The first-order valence-corrected chi connectivity index (χ1v) is 12.0. The summed E-state index contributed by atoms with van der Waals surface area (Å²) in [7, 11) is 0. The quantitative estimate of drug-likeness (QED) is 0.585. The average Bonchev–Trinajstić information content (AvgIpc) is 3.77. The maximum absolute atomic E-state index is 15.2. The van der Waals surface area contributed by atoms with Crippen molar-refractivity contribution in [2.75, 3.05) is 31.1 Å². The van der Waals surface area contributed by atoms with Crippen LogP contribution in [-0.2, 0) is 6.54 Å². The summed E-state index contributed by atoms with van der Waals surface area (Å²) in [6.45, 7) is 3.59. The van der Waals surface area contributed by atoms with E-state index < -0.39 is 5.82 Å². The summed E-state index contributed by atoms with van der Waals surface area (Å²) in [6, 6.07) is 7.60. The molecule has 0 radical (unpaired) electrons. The second kappa shape index (κ2) is 8.47. The number of aromatic nitrogens is 3. The third-order valence-corrected chi connectivity index (χ3v) is 6.90. The first-order chi connectivity index (χ1) is 16.5. The molecule has 8 nitrogen and oxygen atoms in total. The van der Waals surface area contributed by atoms with E-state index in [1.807, 2.05) is 6.07 Å². The molecule has 2 aromatic heterocycles. The molecule has 6 rings (SSSR count). The van der Waals surface area contributed by atoms with E-state index in [0.29, 0.717) is 35.1 Å². The van der Waals surface area contributed by atoms with Crippen LogP contribution in [-0.4, -0.2) is 58.0 Å². The van der Waals surface area contributed by atoms with Gasteiger partial charge >= 0.3 is 0 Å². The van der Waals surface area contributed by atoms with Crippen LogP contribution in [0.4, 0.5) is 10.1 Å². The highest BCUT2D eigenvalue weighted by Crippen LogP contribution is 2.37. The van der Waals surface area contributed by atoms with E-state index in [-0.39, 0.29) is 22.9 Å². The number of pyridine rings is 1. The fraction of sp³-hybridized carbons (Fsp3) is 0.440. The summed E-state index contributed by atoms with van der Waals surface area (Å²) in [5.74, 6) is -0.286. The highest BCUT2D eigenvalue weighted by molar-refractivity contribution is 5.92. The minimum absolute atomic E-state index is 0.114. The van der Waals surface area contributed by atoms with Gasteiger partial charge in [0.15, 0.2) is 5.82 Å². The Labute approximate surface area is 196 Å². The van der Waals surface area contributed by atoms with Crippen molar-refractivity contribution in [3.8, 4) is 0 Å². The summed E-state index contributed by atoms with van der Waals surface area (Å²) in [6.07, 6.45) is 5.80. The van der Waals surface area contributed by atoms with Crippen molar-refractivity contribution in [2.24, 2.45) is 0 Å². The highest BCUT2D eigenvalue weighted by Gasteiger charge is 2.29. The van der Waals surface area contributed by atoms with Crippen LogP contribution in [0, 0.1) is 5.82 Å². The van der Waals surface area contributed by atoms with Gasteiger partial charge < -0.3 is 15.2 Å². The van der Waals surface area contributed by atoms with Crippen molar-refractivity contribution >= 4 is 22.6 Å². The number of halogens is 1. The van der Waals surface area contributed by atoms with Crippen LogP contribution >= 0.6 is 0 Å². The molecule has 2 saturated carbocycles. The molecule has 0 atom stereocenters. The van der Waals surface area contributed by atoms with E-state index in [2.05, 4.69) is 30.1 Å². The SMILES string of the molecule is O=C(NC1CC1)c1ccc(N2CCN(Cc3ccc4nc(C5CC5)c(=O)[nH]c4c3F)CC2)cn1. The lowest BCUT2D eigenvalue weighted by molar-refractivity contribution is 0.0946. The second-order valence-corrected chi connectivity index (χ2v) is 9.57. The molecular weight excluding hydrogens is 435 g/mol. The van der Waals surface area contributed by atoms with Crippen LogP contribution in [0.25, 0.3) is 11.0 Å². The van der Waals surface area contributed by atoms with Crippen LogP contribution in [0.3, 0.4) is 0 Å². The molecule has 1 aromatic carbocycles. The Morgan fingerprint density at radius 1 is 1.09 bits per heavy atom. The fourth-order valence-corrected chi connectivity index (χ4v) is 4.53. The molecule has 0 bridgehead atoms. The van der Waals surface area contributed by atoms with Crippen molar-refractivity contribution in [1.29, 1.82) is 0 Å². The molecule has 1 saturated heterocycles. The number of benzene rings is 1. The van der Waals surface area contributed by atoms with Gasteiger partial charge in [-0.1, -0.05) is 6.07 Å².